The van der Waals surface area contributed by atoms with Gasteiger partial charge in [0.1, 0.15) is 5.69 Å². The maximum atomic E-state index is 12.8. The molecule has 0 N–H and O–H groups in total. The Balaban J connectivity index is 1.90. The zero-order valence-electron chi connectivity index (χ0n) is 12.8. The molecule has 0 saturated carbocycles. The summed E-state index contributed by atoms with van der Waals surface area (Å²) in [5, 5.41) is 0. The Hall–Kier alpha value is -1.95. The molecule has 0 amide bonds. The minimum Gasteiger partial charge on any atom is -0.297 e. The molecule has 0 bridgehead atoms. The van der Waals surface area contributed by atoms with Crippen LogP contribution in [-0.2, 0) is 6.18 Å². The van der Waals surface area contributed by atoms with Crippen molar-refractivity contribution >= 4 is 0 Å². The normalized spacial score (nSPS) is 17.4. The second-order valence-electron chi connectivity index (χ2n) is 5.81. The fraction of sp³-hybridized carbons (Fsp3) is 0.412. The van der Waals surface area contributed by atoms with Crippen molar-refractivity contribution in [3.8, 4) is 11.4 Å². The van der Waals surface area contributed by atoms with E-state index in [4.69, 9.17) is 0 Å². The summed E-state index contributed by atoms with van der Waals surface area (Å²) in [5.74, 6) is 0.107. The summed E-state index contributed by atoms with van der Waals surface area (Å²) in [6.45, 7) is 4.24. The van der Waals surface area contributed by atoms with Crippen molar-refractivity contribution in [1.82, 2.24) is 14.9 Å². The van der Waals surface area contributed by atoms with Gasteiger partial charge in [0, 0.05) is 17.8 Å². The van der Waals surface area contributed by atoms with Gasteiger partial charge < -0.3 is 0 Å². The third-order valence-electron chi connectivity index (χ3n) is 4.26. The highest BCUT2D eigenvalue weighted by molar-refractivity contribution is 5.56. The predicted molar refractivity (Wildman–Crippen MR) is 81.7 cm³/mol. The van der Waals surface area contributed by atoms with Gasteiger partial charge in [0.25, 0.3) is 0 Å². The highest BCUT2D eigenvalue weighted by Gasteiger charge is 2.32. The molecule has 1 fully saturated rings. The number of alkyl halides is 3. The third kappa shape index (κ3) is 3.52. The maximum Gasteiger partial charge on any atom is 0.433 e. The summed E-state index contributed by atoms with van der Waals surface area (Å²) in [6.07, 6.45) is -0.915. The minimum absolute atomic E-state index is 0.107. The van der Waals surface area contributed by atoms with Crippen molar-refractivity contribution in [3.63, 3.8) is 0 Å². The van der Waals surface area contributed by atoms with Crippen molar-refractivity contribution in [3.05, 3.63) is 47.8 Å². The Labute approximate surface area is 133 Å². The molecule has 23 heavy (non-hydrogen) atoms. The van der Waals surface area contributed by atoms with E-state index in [1.807, 2.05) is 18.2 Å². The monoisotopic (exact) mass is 321 g/mol. The Morgan fingerprint density at radius 1 is 1.13 bits per heavy atom. The van der Waals surface area contributed by atoms with E-state index in [0.717, 1.165) is 30.9 Å². The van der Waals surface area contributed by atoms with E-state index in [-0.39, 0.29) is 11.9 Å². The smallest absolute Gasteiger partial charge is 0.297 e. The van der Waals surface area contributed by atoms with Crippen molar-refractivity contribution in [2.24, 2.45) is 0 Å². The standard InChI is InChI=1S/C17H18F3N3/c1-12(23-9-2-3-10-23)13-5-4-6-14(11-13)16-21-8-7-15(22-16)17(18,19)20/h4-8,11-12H,2-3,9-10H2,1H3. The zero-order chi connectivity index (χ0) is 16.4. The van der Waals surface area contributed by atoms with E-state index in [0.29, 0.717) is 5.56 Å². The SMILES string of the molecule is CC(c1cccc(-c2nccc(C(F)(F)F)n2)c1)N1CCCC1. The number of hydrogen-bond acceptors (Lipinski definition) is 3. The van der Waals surface area contributed by atoms with Crippen molar-refractivity contribution in [2.75, 3.05) is 13.1 Å². The number of likely N-dealkylation sites (tertiary alicyclic amines) is 1. The predicted octanol–water partition coefficient (Wildman–Crippen LogP) is 4.32. The zero-order valence-corrected chi connectivity index (χ0v) is 12.8. The number of nitrogens with zero attached hydrogens (tertiary/aromatic N) is 3. The lowest BCUT2D eigenvalue weighted by Crippen LogP contribution is -2.23. The molecule has 2 aromatic rings. The molecule has 2 heterocycles. The molecule has 1 aromatic carbocycles. The first kappa shape index (κ1) is 15.9. The number of benzene rings is 1. The van der Waals surface area contributed by atoms with Crippen molar-refractivity contribution < 1.29 is 13.2 Å². The lowest BCUT2D eigenvalue weighted by molar-refractivity contribution is -0.141. The van der Waals surface area contributed by atoms with Crippen LogP contribution in [0.1, 0.15) is 37.1 Å². The van der Waals surface area contributed by atoms with Crippen molar-refractivity contribution in [1.29, 1.82) is 0 Å². The first-order valence-electron chi connectivity index (χ1n) is 7.70. The topological polar surface area (TPSA) is 29.0 Å². The first-order valence-corrected chi connectivity index (χ1v) is 7.70. The molecule has 1 atom stereocenters. The number of halogens is 3. The quantitative estimate of drug-likeness (QED) is 0.843. The first-order chi connectivity index (χ1) is 10.9. The largest absolute Gasteiger partial charge is 0.433 e. The summed E-state index contributed by atoms with van der Waals surface area (Å²) in [7, 11) is 0. The summed E-state index contributed by atoms with van der Waals surface area (Å²) >= 11 is 0. The van der Waals surface area contributed by atoms with Gasteiger partial charge in [-0.25, -0.2) is 9.97 Å². The molecule has 0 aliphatic carbocycles. The molecule has 122 valence electrons. The second-order valence-corrected chi connectivity index (χ2v) is 5.81. The van der Waals surface area contributed by atoms with Crippen LogP contribution in [0.4, 0.5) is 13.2 Å². The van der Waals surface area contributed by atoms with Crippen LogP contribution in [0, 0.1) is 0 Å². The molecule has 0 spiro atoms. The van der Waals surface area contributed by atoms with Crippen LogP contribution in [0.5, 0.6) is 0 Å². The average Bonchev–Trinajstić information content (AvgIpc) is 3.08. The fourth-order valence-corrected chi connectivity index (χ4v) is 2.93. The van der Waals surface area contributed by atoms with Gasteiger partial charge in [-0.3, -0.25) is 4.90 Å². The van der Waals surface area contributed by atoms with Crippen LogP contribution in [-0.4, -0.2) is 28.0 Å². The van der Waals surface area contributed by atoms with Crippen LogP contribution in [0.3, 0.4) is 0 Å². The lowest BCUT2D eigenvalue weighted by atomic mass is 10.0. The molecule has 3 nitrogen and oxygen atoms in total. The summed E-state index contributed by atoms with van der Waals surface area (Å²) < 4.78 is 38.4. The molecule has 1 aromatic heterocycles. The van der Waals surface area contributed by atoms with Gasteiger partial charge >= 0.3 is 6.18 Å². The molecule has 1 aliphatic heterocycles. The summed E-state index contributed by atoms with van der Waals surface area (Å²) in [5.41, 5.74) is 0.769. The van der Waals surface area contributed by atoms with Gasteiger partial charge in [-0.05, 0) is 50.6 Å². The van der Waals surface area contributed by atoms with E-state index >= 15 is 0 Å². The Bertz CT molecular complexity index is 679. The van der Waals surface area contributed by atoms with Gasteiger partial charge in [-0.2, -0.15) is 13.2 Å². The number of hydrogen-bond donors (Lipinski definition) is 0. The molecule has 1 unspecified atom stereocenters. The van der Waals surface area contributed by atoms with E-state index < -0.39 is 11.9 Å². The molecular weight excluding hydrogens is 303 g/mol. The Morgan fingerprint density at radius 3 is 2.57 bits per heavy atom. The van der Waals surface area contributed by atoms with E-state index in [1.165, 1.54) is 12.8 Å². The van der Waals surface area contributed by atoms with Gasteiger partial charge in [0.15, 0.2) is 5.82 Å². The van der Waals surface area contributed by atoms with Crippen LogP contribution < -0.4 is 0 Å². The highest BCUT2D eigenvalue weighted by Crippen LogP contribution is 2.30. The second kappa shape index (κ2) is 6.28. The Kier molecular flexibility index (Phi) is 4.35. The van der Waals surface area contributed by atoms with Crippen LogP contribution in [0.2, 0.25) is 0 Å². The van der Waals surface area contributed by atoms with Gasteiger partial charge in [0.05, 0.1) is 0 Å². The molecule has 0 radical (unpaired) electrons. The highest BCUT2D eigenvalue weighted by atomic mass is 19.4. The third-order valence-corrected chi connectivity index (χ3v) is 4.26. The number of rotatable bonds is 3. The molecule has 6 heteroatoms. The van der Waals surface area contributed by atoms with E-state index in [9.17, 15) is 13.2 Å². The molecule has 3 rings (SSSR count). The average molecular weight is 321 g/mol. The molecular formula is C17H18F3N3. The fourth-order valence-electron chi connectivity index (χ4n) is 2.93. The molecule has 1 aliphatic rings. The van der Waals surface area contributed by atoms with Crippen LogP contribution in [0.25, 0.3) is 11.4 Å². The van der Waals surface area contributed by atoms with Crippen LogP contribution >= 0.6 is 0 Å². The maximum absolute atomic E-state index is 12.8. The minimum atomic E-state index is -4.46. The Morgan fingerprint density at radius 2 is 1.87 bits per heavy atom. The van der Waals surface area contributed by atoms with Gasteiger partial charge in [-0.1, -0.05) is 18.2 Å². The summed E-state index contributed by atoms with van der Waals surface area (Å²) in [4.78, 5) is 10.0. The van der Waals surface area contributed by atoms with Crippen molar-refractivity contribution in [2.45, 2.75) is 32.0 Å². The van der Waals surface area contributed by atoms with E-state index in [1.54, 1.807) is 6.07 Å². The molecule has 1 saturated heterocycles. The van der Waals surface area contributed by atoms with Crippen LogP contribution in [0.15, 0.2) is 36.5 Å². The number of aromatic nitrogens is 2. The summed E-state index contributed by atoms with van der Waals surface area (Å²) in [6, 6.07) is 8.61. The lowest BCUT2D eigenvalue weighted by Gasteiger charge is -2.24. The van der Waals surface area contributed by atoms with Gasteiger partial charge in [0.2, 0.25) is 0 Å². The van der Waals surface area contributed by atoms with Gasteiger partial charge in [-0.15, -0.1) is 0 Å². The van der Waals surface area contributed by atoms with E-state index in [2.05, 4.69) is 21.8 Å².